The molecule has 160 valence electrons. The number of benzene rings is 1. The van der Waals surface area contributed by atoms with Crippen LogP contribution >= 0.6 is 0 Å². The smallest absolute Gasteiger partial charge is 0.222 e. The van der Waals surface area contributed by atoms with E-state index in [0.29, 0.717) is 6.42 Å². The largest absolute Gasteiger partial charge is 0.352 e. The number of amides is 1. The lowest BCUT2D eigenvalue weighted by atomic mass is 9.98. The fourth-order valence-electron chi connectivity index (χ4n) is 4.22. The lowest BCUT2D eigenvalue weighted by Crippen LogP contribution is -2.44. The van der Waals surface area contributed by atoms with Crippen LogP contribution in [0.3, 0.4) is 0 Å². The molecule has 1 unspecified atom stereocenters. The number of aliphatic imine (C=N–C) groups is 1. The van der Waals surface area contributed by atoms with Gasteiger partial charge in [0, 0.05) is 45.7 Å². The summed E-state index contributed by atoms with van der Waals surface area (Å²) in [5, 5.41) is 6.90. The summed E-state index contributed by atoms with van der Waals surface area (Å²) in [5.74, 6) is 1.90. The van der Waals surface area contributed by atoms with E-state index in [0.717, 1.165) is 44.5 Å². The number of piperidine rings is 1. The molecule has 2 N–H and O–H groups in total. The highest BCUT2D eigenvalue weighted by Gasteiger charge is 2.25. The van der Waals surface area contributed by atoms with Crippen LogP contribution < -0.4 is 10.6 Å². The minimum absolute atomic E-state index is 0.234. The Morgan fingerprint density at radius 2 is 1.93 bits per heavy atom. The zero-order valence-electron chi connectivity index (χ0n) is 18.3. The van der Waals surface area contributed by atoms with Crippen LogP contribution in [0.15, 0.2) is 29.3 Å². The van der Waals surface area contributed by atoms with Gasteiger partial charge in [-0.25, -0.2) is 0 Å². The van der Waals surface area contributed by atoms with Crippen molar-refractivity contribution in [2.75, 3.05) is 33.2 Å². The van der Waals surface area contributed by atoms with Crippen LogP contribution in [-0.2, 0) is 17.9 Å². The van der Waals surface area contributed by atoms with Crippen molar-refractivity contribution >= 4 is 11.9 Å². The number of hydrogen-bond donors (Lipinski definition) is 2. The number of rotatable bonds is 6. The van der Waals surface area contributed by atoms with Crippen molar-refractivity contribution in [3.05, 3.63) is 35.4 Å². The summed E-state index contributed by atoms with van der Waals surface area (Å²) in [5.41, 5.74) is 2.65. The fourth-order valence-corrected chi connectivity index (χ4v) is 4.22. The summed E-state index contributed by atoms with van der Waals surface area (Å²) in [6.45, 7) is 10.1. The van der Waals surface area contributed by atoms with Crippen molar-refractivity contribution in [1.29, 1.82) is 0 Å². The second-order valence-corrected chi connectivity index (χ2v) is 8.53. The first-order chi connectivity index (χ1) is 14.1. The highest BCUT2D eigenvalue weighted by atomic mass is 16.2. The minimum Gasteiger partial charge on any atom is -0.352 e. The summed E-state index contributed by atoms with van der Waals surface area (Å²) in [7, 11) is 1.80. The van der Waals surface area contributed by atoms with Gasteiger partial charge in [0.1, 0.15) is 0 Å². The summed E-state index contributed by atoms with van der Waals surface area (Å²) >= 11 is 0. The van der Waals surface area contributed by atoms with E-state index in [4.69, 9.17) is 0 Å². The van der Waals surface area contributed by atoms with Gasteiger partial charge in [-0.3, -0.25) is 14.7 Å². The predicted molar refractivity (Wildman–Crippen MR) is 119 cm³/mol. The SMILES string of the molecule is CCC(=O)N1CCC(NC(=NC)NCc2cccc(CN3CCC(C)CC3)c2)C1. The van der Waals surface area contributed by atoms with E-state index in [2.05, 4.69) is 51.7 Å². The van der Waals surface area contributed by atoms with E-state index < -0.39 is 0 Å². The molecule has 0 radical (unpaired) electrons. The first-order valence-electron chi connectivity index (χ1n) is 11.1. The molecule has 2 saturated heterocycles. The highest BCUT2D eigenvalue weighted by molar-refractivity contribution is 5.80. The van der Waals surface area contributed by atoms with E-state index in [1.54, 1.807) is 7.05 Å². The maximum absolute atomic E-state index is 11.9. The van der Waals surface area contributed by atoms with Crippen LogP contribution in [0.2, 0.25) is 0 Å². The predicted octanol–water partition coefficient (Wildman–Crippen LogP) is 2.59. The van der Waals surface area contributed by atoms with Crippen LogP contribution in [0.4, 0.5) is 0 Å². The Bertz CT molecular complexity index is 696. The lowest BCUT2D eigenvalue weighted by Gasteiger charge is -2.30. The first-order valence-corrected chi connectivity index (χ1v) is 11.1. The van der Waals surface area contributed by atoms with Gasteiger partial charge in [-0.1, -0.05) is 38.1 Å². The quantitative estimate of drug-likeness (QED) is 0.570. The molecule has 0 aromatic heterocycles. The third-order valence-corrected chi connectivity index (χ3v) is 6.14. The van der Waals surface area contributed by atoms with Crippen molar-refractivity contribution < 1.29 is 4.79 Å². The maximum Gasteiger partial charge on any atom is 0.222 e. The normalized spacial score (nSPS) is 21.4. The van der Waals surface area contributed by atoms with Crippen molar-refractivity contribution in [2.24, 2.45) is 10.9 Å². The average Bonchev–Trinajstić information content (AvgIpc) is 3.21. The number of guanidine groups is 1. The molecule has 0 spiro atoms. The fraction of sp³-hybridized carbons (Fsp3) is 0.652. The van der Waals surface area contributed by atoms with Crippen LogP contribution in [0, 0.1) is 5.92 Å². The van der Waals surface area contributed by atoms with Gasteiger partial charge >= 0.3 is 0 Å². The summed E-state index contributed by atoms with van der Waals surface area (Å²) < 4.78 is 0. The molecule has 2 fully saturated rings. The van der Waals surface area contributed by atoms with Crippen LogP contribution in [0.5, 0.6) is 0 Å². The van der Waals surface area contributed by atoms with E-state index in [1.807, 2.05) is 11.8 Å². The standard InChI is InChI=1S/C23H37N5O/c1-4-22(29)28-13-10-21(17-28)26-23(24-3)25-15-19-6-5-7-20(14-19)16-27-11-8-18(2)9-12-27/h5-7,14,18,21H,4,8-13,15-17H2,1-3H3,(H2,24,25,26). The van der Waals surface area contributed by atoms with E-state index in [-0.39, 0.29) is 11.9 Å². The number of carbonyl (C=O) groups is 1. The number of hydrogen-bond acceptors (Lipinski definition) is 3. The zero-order valence-corrected chi connectivity index (χ0v) is 18.3. The zero-order chi connectivity index (χ0) is 20.6. The molecule has 2 aliphatic rings. The summed E-state index contributed by atoms with van der Waals surface area (Å²) in [6.07, 6.45) is 4.17. The molecule has 0 bridgehead atoms. The average molecular weight is 400 g/mol. The Balaban J connectivity index is 1.46. The molecule has 1 amide bonds. The topological polar surface area (TPSA) is 60.0 Å². The van der Waals surface area contributed by atoms with Crippen molar-refractivity contribution in [3.8, 4) is 0 Å². The second-order valence-electron chi connectivity index (χ2n) is 8.53. The number of nitrogens with one attached hydrogen (secondary N) is 2. The summed E-state index contributed by atoms with van der Waals surface area (Å²) in [4.78, 5) is 20.7. The van der Waals surface area contributed by atoms with Gasteiger partial charge in [0.2, 0.25) is 5.91 Å². The van der Waals surface area contributed by atoms with Crippen molar-refractivity contribution in [2.45, 2.75) is 58.7 Å². The first kappa shape index (κ1) is 21.6. The molecule has 0 aliphatic carbocycles. The van der Waals surface area contributed by atoms with Crippen LogP contribution in [0.1, 0.15) is 50.7 Å². The molecule has 3 rings (SSSR count). The van der Waals surface area contributed by atoms with E-state index >= 15 is 0 Å². The number of likely N-dealkylation sites (tertiary alicyclic amines) is 2. The van der Waals surface area contributed by atoms with Gasteiger partial charge in [0.15, 0.2) is 5.96 Å². The molecular formula is C23H37N5O. The Morgan fingerprint density at radius 3 is 2.66 bits per heavy atom. The Morgan fingerprint density at radius 1 is 1.17 bits per heavy atom. The molecule has 1 aromatic rings. The van der Waals surface area contributed by atoms with Crippen LogP contribution in [0.25, 0.3) is 0 Å². The van der Waals surface area contributed by atoms with Gasteiger partial charge in [0.05, 0.1) is 0 Å². The Labute approximate surface area is 175 Å². The summed E-state index contributed by atoms with van der Waals surface area (Å²) in [6, 6.07) is 9.12. The molecule has 0 saturated carbocycles. The molecule has 29 heavy (non-hydrogen) atoms. The van der Waals surface area contributed by atoms with Crippen molar-refractivity contribution in [1.82, 2.24) is 20.4 Å². The molecule has 6 heteroatoms. The Kier molecular flexibility index (Phi) is 7.92. The lowest BCUT2D eigenvalue weighted by molar-refractivity contribution is -0.129. The second kappa shape index (κ2) is 10.6. The number of nitrogens with zero attached hydrogens (tertiary/aromatic N) is 3. The van der Waals surface area contributed by atoms with Gasteiger partial charge < -0.3 is 15.5 Å². The highest BCUT2D eigenvalue weighted by Crippen LogP contribution is 2.18. The molecule has 6 nitrogen and oxygen atoms in total. The molecule has 1 atom stereocenters. The van der Waals surface area contributed by atoms with E-state index in [9.17, 15) is 4.79 Å². The third kappa shape index (κ3) is 6.46. The van der Waals surface area contributed by atoms with Crippen LogP contribution in [-0.4, -0.2) is 60.9 Å². The monoisotopic (exact) mass is 399 g/mol. The molecule has 2 heterocycles. The van der Waals surface area contributed by atoms with Crippen molar-refractivity contribution in [3.63, 3.8) is 0 Å². The molecule has 1 aromatic carbocycles. The minimum atomic E-state index is 0.234. The maximum atomic E-state index is 11.9. The molecular weight excluding hydrogens is 362 g/mol. The Hall–Kier alpha value is -2.08. The van der Waals surface area contributed by atoms with Gasteiger partial charge in [-0.2, -0.15) is 0 Å². The third-order valence-electron chi connectivity index (χ3n) is 6.14. The van der Waals surface area contributed by atoms with Gasteiger partial charge in [-0.05, 0) is 49.4 Å². The molecule has 2 aliphatic heterocycles. The van der Waals surface area contributed by atoms with Gasteiger partial charge in [0.25, 0.3) is 0 Å². The van der Waals surface area contributed by atoms with Gasteiger partial charge in [-0.15, -0.1) is 0 Å². The van der Waals surface area contributed by atoms with E-state index in [1.165, 1.54) is 37.1 Å². The number of carbonyl (C=O) groups excluding carboxylic acids is 1.